The van der Waals surface area contributed by atoms with Crippen LogP contribution < -0.4 is 10.6 Å². The number of nitrogens with one attached hydrogen (secondary N) is 2. The molecule has 0 saturated carbocycles. The molecule has 24 heavy (non-hydrogen) atoms. The molecular formula is C14H21N5O5. The van der Waals surface area contributed by atoms with Gasteiger partial charge in [-0.1, -0.05) is 13.8 Å². The van der Waals surface area contributed by atoms with Gasteiger partial charge in [0.05, 0.1) is 19.0 Å². The number of aliphatic imine (C=N–C) groups is 2. The van der Waals surface area contributed by atoms with E-state index in [-0.39, 0.29) is 36.7 Å². The standard InChI is InChI=1S/C14H21N5O5/c1-6(2)12(22)17-14-16-11-10(13(23)18-14)15-5-19(11)9-3-7(21)8(4-20)24-9/h5-11,20-21H,3-4H2,1-2H3,(H2,16,17,18,22,23). The van der Waals surface area contributed by atoms with E-state index in [1.807, 2.05) is 0 Å². The van der Waals surface area contributed by atoms with Crippen LogP contribution in [-0.2, 0) is 14.3 Å². The van der Waals surface area contributed by atoms with Crippen molar-refractivity contribution in [3.8, 4) is 0 Å². The maximum atomic E-state index is 12.2. The average molecular weight is 339 g/mol. The highest BCUT2D eigenvalue weighted by Gasteiger charge is 2.46. The zero-order chi connectivity index (χ0) is 17.4. The van der Waals surface area contributed by atoms with Gasteiger partial charge in [0.15, 0.2) is 12.2 Å². The van der Waals surface area contributed by atoms with Gasteiger partial charge in [-0.25, -0.2) is 4.99 Å². The minimum Gasteiger partial charge on any atom is -0.394 e. The summed E-state index contributed by atoms with van der Waals surface area (Å²) in [7, 11) is 0. The van der Waals surface area contributed by atoms with Crippen molar-refractivity contribution < 1.29 is 24.5 Å². The van der Waals surface area contributed by atoms with Crippen LogP contribution in [0.2, 0.25) is 0 Å². The van der Waals surface area contributed by atoms with E-state index in [1.165, 1.54) is 6.34 Å². The van der Waals surface area contributed by atoms with Crippen molar-refractivity contribution in [2.45, 2.75) is 50.9 Å². The fraction of sp³-hybridized carbons (Fsp3) is 0.714. The maximum absolute atomic E-state index is 12.2. The molecule has 3 aliphatic heterocycles. The van der Waals surface area contributed by atoms with Gasteiger partial charge < -0.3 is 19.8 Å². The Hall–Kier alpha value is -2.04. The second-order valence-electron chi connectivity index (χ2n) is 6.30. The molecule has 3 aliphatic rings. The van der Waals surface area contributed by atoms with Gasteiger partial charge in [-0.3, -0.25) is 25.2 Å². The number of carbonyl (C=O) groups excluding carboxylic acids is 2. The van der Waals surface area contributed by atoms with Gasteiger partial charge in [0.2, 0.25) is 11.9 Å². The number of rotatable bonds is 3. The van der Waals surface area contributed by atoms with Crippen LogP contribution in [-0.4, -0.2) is 76.5 Å². The van der Waals surface area contributed by atoms with E-state index in [0.29, 0.717) is 0 Å². The van der Waals surface area contributed by atoms with Gasteiger partial charge in [0, 0.05) is 12.3 Å². The van der Waals surface area contributed by atoms with Gasteiger partial charge in [-0.15, -0.1) is 0 Å². The maximum Gasteiger partial charge on any atom is 0.255 e. The number of ether oxygens (including phenoxy) is 1. The first-order valence-electron chi connectivity index (χ1n) is 7.85. The molecule has 0 aromatic carbocycles. The fourth-order valence-electron chi connectivity index (χ4n) is 2.79. The van der Waals surface area contributed by atoms with Crippen LogP contribution in [0.1, 0.15) is 20.3 Å². The first kappa shape index (κ1) is 16.8. The number of nitrogens with zero attached hydrogens (tertiary/aromatic N) is 3. The lowest BCUT2D eigenvalue weighted by Gasteiger charge is -2.32. The van der Waals surface area contributed by atoms with E-state index in [9.17, 15) is 19.8 Å². The molecule has 4 N–H and O–H groups in total. The van der Waals surface area contributed by atoms with Crippen molar-refractivity contribution >= 4 is 24.1 Å². The molecule has 5 atom stereocenters. The lowest BCUT2D eigenvalue weighted by molar-refractivity contribution is -0.123. The Balaban J connectivity index is 1.76. The van der Waals surface area contributed by atoms with Crippen LogP contribution in [0, 0.1) is 5.92 Å². The molecule has 0 bridgehead atoms. The Kier molecular flexibility index (Phi) is 4.52. The Morgan fingerprint density at radius 3 is 2.96 bits per heavy atom. The van der Waals surface area contributed by atoms with Crippen LogP contribution in [0.5, 0.6) is 0 Å². The normalized spacial score (nSPS) is 35.0. The summed E-state index contributed by atoms with van der Waals surface area (Å²) in [5.41, 5.74) is 0. The molecule has 132 valence electrons. The van der Waals surface area contributed by atoms with Crippen LogP contribution in [0.15, 0.2) is 9.98 Å². The first-order chi connectivity index (χ1) is 11.4. The third kappa shape index (κ3) is 2.99. The molecule has 10 heteroatoms. The third-order valence-electron chi connectivity index (χ3n) is 4.20. The van der Waals surface area contributed by atoms with Gasteiger partial charge >= 0.3 is 0 Å². The fourth-order valence-corrected chi connectivity index (χ4v) is 2.79. The van der Waals surface area contributed by atoms with Gasteiger partial charge in [0.25, 0.3) is 5.91 Å². The predicted octanol–water partition coefficient (Wildman–Crippen LogP) is -2.25. The SMILES string of the molecule is CC(C)C(=O)NC1=NC2C(N=CN2C2CC(O)C(CO)O2)C(=O)N1. The number of carbonyl (C=O) groups is 2. The van der Waals surface area contributed by atoms with Crippen LogP contribution in [0.4, 0.5) is 0 Å². The minimum atomic E-state index is -0.797. The lowest BCUT2D eigenvalue weighted by Crippen LogP contribution is -2.57. The zero-order valence-electron chi connectivity index (χ0n) is 13.4. The zero-order valence-corrected chi connectivity index (χ0v) is 13.4. The van der Waals surface area contributed by atoms with E-state index < -0.39 is 30.6 Å². The second-order valence-corrected chi connectivity index (χ2v) is 6.30. The van der Waals surface area contributed by atoms with Crippen molar-refractivity contribution in [2.75, 3.05) is 6.61 Å². The van der Waals surface area contributed by atoms with Crippen molar-refractivity contribution in [1.29, 1.82) is 0 Å². The molecule has 0 spiro atoms. The highest BCUT2D eigenvalue weighted by Crippen LogP contribution is 2.29. The average Bonchev–Trinajstić information content (AvgIpc) is 3.10. The van der Waals surface area contributed by atoms with E-state index >= 15 is 0 Å². The topological polar surface area (TPSA) is 136 Å². The molecule has 10 nitrogen and oxygen atoms in total. The van der Waals surface area contributed by atoms with Gasteiger partial charge in [-0.2, -0.15) is 0 Å². The molecule has 0 aromatic rings. The summed E-state index contributed by atoms with van der Waals surface area (Å²) in [6.45, 7) is 3.17. The molecule has 1 saturated heterocycles. The third-order valence-corrected chi connectivity index (χ3v) is 4.20. The summed E-state index contributed by atoms with van der Waals surface area (Å²) in [6.07, 6.45) is -0.949. The Morgan fingerprint density at radius 2 is 2.33 bits per heavy atom. The minimum absolute atomic E-state index is 0.0766. The summed E-state index contributed by atoms with van der Waals surface area (Å²) in [4.78, 5) is 34.1. The number of aliphatic hydroxyl groups excluding tert-OH is 2. The van der Waals surface area contributed by atoms with Gasteiger partial charge in [-0.05, 0) is 0 Å². The molecule has 3 rings (SSSR count). The number of hydrogen-bond donors (Lipinski definition) is 4. The Labute approximate surface area is 138 Å². The highest BCUT2D eigenvalue weighted by atomic mass is 16.5. The first-order valence-corrected chi connectivity index (χ1v) is 7.85. The molecule has 0 aromatic heterocycles. The summed E-state index contributed by atoms with van der Waals surface area (Å²) in [5, 5.41) is 24.1. The van der Waals surface area contributed by atoms with Crippen molar-refractivity contribution in [3.05, 3.63) is 0 Å². The summed E-state index contributed by atoms with van der Waals surface area (Å²) in [6, 6.07) is -0.737. The Bertz CT molecular complexity index is 592. The highest BCUT2D eigenvalue weighted by molar-refractivity contribution is 6.08. The lowest BCUT2D eigenvalue weighted by atomic mass is 10.1. The number of hydrogen-bond acceptors (Lipinski definition) is 8. The number of aliphatic hydroxyl groups is 2. The quantitative estimate of drug-likeness (QED) is 0.459. The van der Waals surface area contributed by atoms with Crippen LogP contribution in [0.3, 0.4) is 0 Å². The molecule has 5 unspecified atom stereocenters. The number of guanidine groups is 1. The number of amides is 2. The van der Waals surface area contributed by atoms with Crippen molar-refractivity contribution in [3.63, 3.8) is 0 Å². The predicted molar refractivity (Wildman–Crippen MR) is 82.8 cm³/mol. The van der Waals surface area contributed by atoms with E-state index in [2.05, 4.69) is 20.6 Å². The smallest absolute Gasteiger partial charge is 0.255 e. The van der Waals surface area contributed by atoms with Crippen molar-refractivity contribution in [2.24, 2.45) is 15.9 Å². The molecule has 2 amide bonds. The van der Waals surface area contributed by atoms with Gasteiger partial charge in [0.1, 0.15) is 12.3 Å². The number of fused-ring (bicyclic) bond motifs is 1. The Morgan fingerprint density at radius 1 is 1.58 bits per heavy atom. The second kappa shape index (κ2) is 6.46. The van der Waals surface area contributed by atoms with E-state index in [4.69, 9.17) is 4.74 Å². The molecular weight excluding hydrogens is 318 g/mol. The van der Waals surface area contributed by atoms with Crippen LogP contribution >= 0.6 is 0 Å². The van der Waals surface area contributed by atoms with E-state index in [1.54, 1.807) is 18.7 Å². The largest absolute Gasteiger partial charge is 0.394 e. The van der Waals surface area contributed by atoms with Crippen molar-refractivity contribution in [1.82, 2.24) is 15.5 Å². The summed E-state index contributed by atoms with van der Waals surface area (Å²) in [5.74, 6) is -0.805. The molecule has 0 aliphatic carbocycles. The monoisotopic (exact) mass is 339 g/mol. The molecule has 1 fully saturated rings. The molecule has 0 radical (unpaired) electrons. The van der Waals surface area contributed by atoms with Crippen LogP contribution in [0.25, 0.3) is 0 Å². The molecule has 3 heterocycles. The summed E-state index contributed by atoms with van der Waals surface area (Å²) < 4.78 is 5.59. The van der Waals surface area contributed by atoms with E-state index in [0.717, 1.165) is 0 Å². The summed E-state index contributed by atoms with van der Waals surface area (Å²) >= 11 is 0.